The van der Waals surface area contributed by atoms with Gasteiger partial charge in [-0.2, -0.15) is 0 Å². The molecule has 1 amide bonds. The van der Waals surface area contributed by atoms with Gasteiger partial charge in [-0.3, -0.25) is 9.69 Å². The fourth-order valence-corrected chi connectivity index (χ4v) is 1.82. The van der Waals surface area contributed by atoms with E-state index in [9.17, 15) is 4.79 Å². The molecule has 1 aromatic rings. The predicted octanol–water partition coefficient (Wildman–Crippen LogP) is 1.25. The van der Waals surface area contributed by atoms with E-state index in [0.29, 0.717) is 18.2 Å². The number of likely N-dealkylation sites (N-methyl/N-ethyl adjacent to an activating group) is 1. The first-order chi connectivity index (χ1) is 7.18. The molecule has 1 aliphatic rings. The van der Waals surface area contributed by atoms with Gasteiger partial charge in [0.05, 0.1) is 13.1 Å². The number of hydrogen-bond donors (Lipinski definition) is 0. The quantitative estimate of drug-likeness (QED) is 0.701. The molecule has 0 aromatic heterocycles. The summed E-state index contributed by atoms with van der Waals surface area (Å²) < 4.78 is 0. The van der Waals surface area contributed by atoms with Crippen LogP contribution in [0.15, 0.2) is 30.3 Å². The lowest BCUT2D eigenvalue weighted by atomic mass is 10.2. The first kappa shape index (κ1) is 10.1. The summed E-state index contributed by atoms with van der Waals surface area (Å²) in [6.45, 7) is 0.967. The van der Waals surface area contributed by atoms with Crippen molar-refractivity contribution in [2.75, 3.05) is 13.6 Å². The Kier molecular flexibility index (Phi) is 2.68. The first-order valence-electron chi connectivity index (χ1n) is 4.78. The molecule has 0 unspecified atom stereocenters. The highest BCUT2D eigenvalue weighted by molar-refractivity contribution is 7.80. The number of rotatable bonds is 2. The molecule has 0 bridgehead atoms. The van der Waals surface area contributed by atoms with Gasteiger partial charge in [-0.1, -0.05) is 30.3 Å². The summed E-state index contributed by atoms with van der Waals surface area (Å²) in [6.07, 6.45) is 0. The van der Waals surface area contributed by atoms with Gasteiger partial charge in [-0.05, 0) is 17.8 Å². The second-order valence-electron chi connectivity index (χ2n) is 3.60. The highest BCUT2D eigenvalue weighted by atomic mass is 32.1. The van der Waals surface area contributed by atoms with Crippen LogP contribution in [0.1, 0.15) is 5.56 Å². The Hall–Kier alpha value is -1.42. The van der Waals surface area contributed by atoms with Crippen molar-refractivity contribution in [3.8, 4) is 0 Å². The zero-order valence-corrected chi connectivity index (χ0v) is 9.33. The molecular formula is C11H12N2OS. The van der Waals surface area contributed by atoms with Crippen LogP contribution >= 0.6 is 12.2 Å². The van der Waals surface area contributed by atoms with E-state index in [1.165, 1.54) is 0 Å². The summed E-state index contributed by atoms with van der Waals surface area (Å²) in [7, 11) is 1.84. The van der Waals surface area contributed by atoms with Crippen molar-refractivity contribution in [2.45, 2.75) is 6.54 Å². The molecule has 1 aliphatic heterocycles. The maximum absolute atomic E-state index is 11.6. The Balaban J connectivity index is 2.13. The van der Waals surface area contributed by atoms with E-state index in [0.717, 1.165) is 5.56 Å². The molecule has 0 atom stereocenters. The van der Waals surface area contributed by atoms with Gasteiger partial charge in [-0.15, -0.1) is 0 Å². The van der Waals surface area contributed by atoms with Crippen LogP contribution in [0.4, 0.5) is 0 Å². The summed E-state index contributed by atoms with van der Waals surface area (Å²) >= 11 is 5.17. The smallest absolute Gasteiger partial charge is 0.248 e. The molecule has 1 fully saturated rings. The molecule has 4 heteroatoms. The summed E-state index contributed by atoms with van der Waals surface area (Å²) in [5, 5.41) is 0.615. The average Bonchev–Trinajstić information content (AvgIpc) is 2.47. The molecule has 1 saturated heterocycles. The molecule has 3 nitrogen and oxygen atoms in total. The lowest BCUT2D eigenvalue weighted by Gasteiger charge is -2.16. The van der Waals surface area contributed by atoms with Gasteiger partial charge in [0, 0.05) is 7.05 Å². The minimum absolute atomic E-state index is 0.0753. The number of nitrogens with zero attached hydrogens (tertiary/aromatic N) is 2. The Morgan fingerprint density at radius 1 is 1.33 bits per heavy atom. The molecule has 0 aliphatic carbocycles. The second kappa shape index (κ2) is 3.98. The molecule has 78 valence electrons. The molecular weight excluding hydrogens is 208 g/mol. The van der Waals surface area contributed by atoms with Crippen molar-refractivity contribution in [2.24, 2.45) is 0 Å². The number of thiocarbonyl (C=S) groups is 1. The molecule has 1 aromatic carbocycles. The van der Waals surface area contributed by atoms with Crippen molar-refractivity contribution in [1.29, 1.82) is 0 Å². The number of benzene rings is 1. The summed E-state index contributed by atoms with van der Waals surface area (Å²) in [6, 6.07) is 9.87. The van der Waals surface area contributed by atoms with Gasteiger partial charge in [-0.25, -0.2) is 0 Å². The third kappa shape index (κ3) is 1.99. The fourth-order valence-electron chi connectivity index (χ4n) is 1.59. The highest BCUT2D eigenvalue weighted by Gasteiger charge is 2.29. The lowest BCUT2D eigenvalue weighted by molar-refractivity contribution is -0.125. The number of hydrogen-bond acceptors (Lipinski definition) is 2. The Morgan fingerprint density at radius 2 is 2.00 bits per heavy atom. The van der Waals surface area contributed by atoms with E-state index in [1.807, 2.05) is 37.4 Å². The molecule has 15 heavy (non-hydrogen) atoms. The van der Waals surface area contributed by atoms with Crippen molar-refractivity contribution < 1.29 is 4.79 Å². The molecule has 0 N–H and O–H groups in total. The van der Waals surface area contributed by atoms with Gasteiger partial charge < -0.3 is 4.90 Å². The van der Waals surface area contributed by atoms with Crippen LogP contribution < -0.4 is 0 Å². The fraction of sp³-hybridized carbons (Fsp3) is 0.273. The van der Waals surface area contributed by atoms with Crippen molar-refractivity contribution in [3.05, 3.63) is 35.9 Å². The molecule has 0 spiro atoms. The van der Waals surface area contributed by atoms with Crippen LogP contribution in [0.3, 0.4) is 0 Å². The number of amides is 1. The van der Waals surface area contributed by atoms with E-state index in [2.05, 4.69) is 0 Å². The van der Waals surface area contributed by atoms with E-state index in [1.54, 1.807) is 9.80 Å². The van der Waals surface area contributed by atoms with Gasteiger partial charge in [0.2, 0.25) is 5.91 Å². The van der Waals surface area contributed by atoms with Crippen molar-refractivity contribution >= 4 is 23.2 Å². The molecule has 0 radical (unpaired) electrons. The Labute approximate surface area is 94.3 Å². The standard InChI is InChI=1S/C11H12N2OS/c1-12-8-10(14)13(11(12)15)7-9-5-3-2-4-6-9/h2-6H,7-8H2,1H3. The molecule has 2 rings (SSSR count). The van der Waals surface area contributed by atoms with Crippen LogP contribution in [0, 0.1) is 0 Å². The minimum atomic E-state index is 0.0753. The summed E-state index contributed by atoms with van der Waals surface area (Å²) in [4.78, 5) is 15.0. The van der Waals surface area contributed by atoms with Crippen LogP contribution in [0.2, 0.25) is 0 Å². The van der Waals surface area contributed by atoms with Gasteiger partial charge in [0.15, 0.2) is 5.11 Å². The maximum Gasteiger partial charge on any atom is 0.248 e. The van der Waals surface area contributed by atoms with E-state index in [-0.39, 0.29) is 5.91 Å². The monoisotopic (exact) mass is 220 g/mol. The third-order valence-electron chi connectivity index (χ3n) is 2.41. The average molecular weight is 220 g/mol. The molecule has 0 saturated carbocycles. The molecule has 1 heterocycles. The summed E-state index contributed by atoms with van der Waals surface area (Å²) in [5.41, 5.74) is 1.10. The van der Waals surface area contributed by atoms with E-state index >= 15 is 0 Å². The first-order valence-corrected chi connectivity index (χ1v) is 5.18. The summed E-state index contributed by atoms with van der Waals surface area (Å²) in [5.74, 6) is 0.0753. The number of carbonyl (C=O) groups is 1. The topological polar surface area (TPSA) is 23.6 Å². The van der Waals surface area contributed by atoms with Gasteiger partial charge in [0.25, 0.3) is 0 Å². The van der Waals surface area contributed by atoms with Gasteiger partial charge in [0.1, 0.15) is 0 Å². The highest BCUT2D eigenvalue weighted by Crippen LogP contribution is 2.12. The second-order valence-corrected chi connectivity index (χ2v) is 3.97. The largest absolute Gasteiger partial charge is 0.343 e. The Bertz CT molecular complexity index is 391. The zero-order valence-electron chi connectivity index (χ0n) is 8.51. The van der Waals surface area contributed by atoms with Gasteiger partial charge >= 0.3 is 0 Å². The normalized spacial score (nSPS) is 16.3. The van der Waals surface area contributed by atoms with Crippen LogP contribution in [-0.2, 0) is 11.3 Å². The van der Waals surface area contributed by atoms with E-state index in [4.69, 9.17) is 12.2 Å². The van der Waals surface area contributed by atoms with Crippen LogP contribution in [0.5, 0.6) is 0 Å². The maximum atomic E-state index is 11.6. The lowest BCUT2D eigenvalue weighted by Crippen LogP contribution is -2.30. The third-order valence-corrected chi connectivity index (χ3v) is 2.95. The zero-order chi connectivity index (χ0) is 10.8. The van der Waals surface area contributed by atoms with Crippen molar-refractivity contribution in [1.82, 2.24) is 9.80 Å². The predicted molar refractivity (Wildman–Crippen MR) is 62.2 cm³/mol. The van der Waals surface area contributed by atoms with Crippen LogP contribution in [-0.4, -0.2) is 34.4 Å². The number of carbonyl (C=O) groups excluding carboxylic acids is 1. The van der Waals surface area contributed by atoms with E-state index < -0.39 is 0 Å². The Morgan fingerprint density at radius 3 is 2.53 bits per heavy atom. The SMILES string of the molecule is CN1CC(=O)N(Cc2ccccc2)C1=S. The minimum Gasteiger partial charge on any atom is -0.343 e. The van der Waals surface area contributed by atoms with Crippen molar-refractivity contribution in [3.63, 3.8) is 0 Å². The van der Waals surface area contributed by atoms with Crippen LogP contribution in [0.25, 0.3) is 0 Å².